The molecule has 1 aromatic heterocycles. The highest BCUT2D eigenvalue weighted by Gasteiger charge is 2.46. The van der Waals surface area contributed by atoms with Gasteiger partial charge in [0.05, 0.1) is 16.6 Å². The molecule has 2 aliphatic carbocycles. The smallest absolute Gasteiger partial charge is 0.385 e. The fraction of sp³-hybridized carbons (Fsp3) is 0.595. The zero-order valence-corrected chi connectivity index (χ0v) is 28.3. The van der Waals surface area contributed by atoms with E-state index in [0.717, 1.165) is 43.4 Å². The number of benzene rings is 2. The lowest BCUT2D eigenvalue weighted by Crippen LogP contribution is -2.59. The van der Waals surface area contributed by atoms with E-state index in [4.69, 9.17) is 9.26 Å². The number of hydrogen-bond acceptors (Lipinski definition) is 7. The Morgan fingerprint density at radius 2 is 1.60 bits per heavy atom. The number of hydrogen-bond donors (Lipinski definition) is 1. The summed E-state index contributed by atoms with van der Waals surface area (Å²) >= 11 is 0. The molecule has 4 aliphatic rings. The number of ether oxygens (including phenoxy) is 1. The number of carbonyl (C=O) groups excluding carboxylic acids is 1. The minimum Gasteiger partial charge on any atom is -0.434 e. The first-order chi connectivity index (χ1) is 22.8. The number of piperidine rings is 2. The molecule has 1 N–H and O–H groups in total. The van der Waals surface area contributed by atoms with Gasteiger partial charge in [-0.05, 0) is 93.4 Å². The summed E-state index contributed by atoms with van der Waals surface area (Å²) in [6.07, 6.45) is 15.8. The van der Waals surface area contributed by atoms with Crippen molar-refractivity contribution in [3.8, 4) is 0 Å². The van der Waals surface area contributed by atoms with Gasteiger partial charge in [0.2, 0.25) is 12.2 Å². The summed E-state index contributed by atoms with van der Waals surface area (Å²) in [5.41, 5.74) is 0.290. The highest BCUT2D eigenvalue weighted by Crippen LogP contribution is 2.48. The monoisotopic (exact) mass is 661 g/mol. The molecule has 7 rings (SSSR count). The number of carbonyl (C=O) groups is 1. The molecule has 4 bridgehead atoms. The average Bonchev–Trinajstić information content (AvgIpc) is 3.54. The van der Waals surface area contributed by atoms with Gasteiger partial charge in [-0.2, -0.15) is 0 Å². The van der Waals surface area contributed by atoms with Crippen LogP contribution in [0.3, 0.4) is 0 Å². The predicted molar refractivity (Wildman–Crippen MR) is 182 cm³/mol. The second-order valence-corrected chi connectivity index (χ2v) is 16.2. The number of nitrogens with zero attached hydrogens (tertiary/aromatic N) is 3. The van der Waals surface area contributed by atoms with E-state index in [-0.39, 0.29) is 6.04 Å². The Morgan fingerprint density at radius 1 is 0.894 bits per heavy atom. The normalized spacial score (nSPS) is 30.7. The second-order valence-electron chi connectivity index (χ2n) is 14.4. The Bertz CT molecular complexity index is 1670. The number of esters is 1. The van der Waals surface area contributed by atoms with Gasteiger partial charge in [-0.15, -0.1) is 0 Å². The summed E-state index contributed by atoms with van der Waals surface area (Å²) < 4.78 is 25.6. The van der Waals surface area contributed by atoms with E-state index in [1.807, 2.05) is 18.2 Å². The molecule has 7 atom stereocenters. The van der Waals surface area contributed by atoms with Crippen molar-refractivity contribution in [3.05, 3.63) is 70.5 Å². The Kier molecular flexibility index (Phi) is 9.70. The summed E-state index contributed by atoms with van der Waals surface area (Å²) in [5, 5.41) is 0. The van der Waals surface area contributed by atoms with Crippen molar-refractivity contribution in [1.29, 1.82) is 0 Å². The van der Waals surface area contributed by atoms with E-state index in [2.05, 4.69) is 16.8 Å². The zero-order chi connectivity index (χ0) is 32.5. The molecular weight excluding hydrogens is 613 g/mol. The second kappa shape index (κ2) is 13.9. The Balaban J connectivity index is 1.16. The summed E-state index contributed by atoms with van der Waals surface area (Å²) in [4.78, 5) is 44.9. The van der Waals surface area contributed by atoms with Crippen molar-refractivity contribution in [3.63, 3.8) is 0 Å². The molecule has 0 amide bonds. The van der Waals surface area contributed by atoms with Gasteiger partial charge in [0.15, 0.2) is 0 Å². The number of rotatable bonds is 9. The lowest BCUT2D eigenvalue weighted by atomic mass is 9.74. The molecular formula is C37H48N3O6P. The first-order valence-electron chi connectivity index (χ1n) is 17.8. The highest BCUT2D eigenvalue weighted by molar-refractivity contribution is 7.60. The first kappa shape index (κ1) is 32.7. The van der Waals surface area contributed by atoms with Crippen LogP contribution in [0, 0.1) is 17.8 Å². The standard InChI is InChI=1S/C37H48N3O6P/c1-2-9-27-19-18-25-16-17-26(20-25)21-34(27)39-29-12-8-13-30(39)23-31(22-29)40-33-15-7-6-14-32(33)38-35(36(40)41)47(43,44)46-24-45-37(42)28-10-4-3-5-11-28/h3-7,10-11,14-15,25-27,29-31,34H,2,8-9,12-13,16-24H2,1H3,(H,43,44). The lowest BCUT2D eigenvalue weighted by molar-refractivity contribution is -0.0484. The van der Waals surface area contributed by atoms with Crippen LogP contribution in [0.4, 0.5) is 0 Å². The molecule has 7 unspecified atom stereocenters. The number of fused-ring (bicyclic) bond motifs is 5. The summed E-state index contributed by atoms with van der Waals surface area (Å²) in [6, 6.07) is 16.9. The van der Waals surface area contributed by atoms with Crippen LogP contribution in [-0.4, -0.2) is 50.2 Å². The maximum atomic E-state index is 14.2. The molecule has 3 heterocycles. The highest BCUT2D eigenvalue weighted by atomic mass is 31.2. The lowest BCUT2D eigenvalue weighted by Gasteiger charge is -2.55. The van der Waals surface area contributed by atoms with E-state index >= 15 is 0 Å². The van der Waals surface area contributed by atoms with Gasteiger partial charge in [0.25, 0.3) is 5.56 Å². The zero-order valence-electron chi connectivity index (χ0n) is 27.4. The first-order valence-corrected chi connectivity index (χ1v) is 19.4. The maximum Gasteiger partial charge on any atom is 0.385 e. The van der Waals surface area contributed by atoms with Crippen LogP contribution in [0.25, 0.3) is 11.0 Å². The van der Waals surface area contributed by atoms with Crippen molar-refractivity contribution >= 4 is 30.0 Å². The van der Waals surface area contributed by atoms with Gasteiger partial charge in [0, 0.05) is 24.2 Å². The van der Waals surface area contributed by atoms with Crippen LogP contribution in [0.5, 0.6) is 0 Å². The number of aromatic nitrogens is 2. The van der Waals surface area contributed by atoms with Crippen LogP contribution in [0.2, 0.25) is 0 Å². The van der Waals surface area contributed by atoms with E-state index in [1.54, 1.807) is 41.0 Å². The van der Waals surface area contributed by atoms with Crippen molar-refractivity contribution in [2.75, 3.05) is 6.79 Å². The van der Waals surface area contributed by atoms with E-state index in [1.165, 1.54) is 57.8 Å². The van der Waals surface area contributed by atoms with Crippen LogP contribution in [-0.2, 0) is 13.8 Å². The fourth-order valence-electron chi connectivity index (χ4n) is 9.60. The molecule has 10 heteroatoms. The van der Waals surface area contributed by atoms with Crippen LogP contribution >= 0.6 is 7.60 Å². The molecule has 252 valence electrons. The number of para-hydroxylation sites is 2. The summed E-state index contributed by atoms with van der Waals surface area (Å²) in [6.45, 7) is 1.55. The van der Waals surface area contributed by atoms with Gasteiger partial charge >= 0.3 is 13.6 Å². The van der Waals surface area contributed by atoms with Gasteiger partial charge in [-0.25, -0.2) is 9.78 Å². The maximum absolute atomic E-state index is 14.2. The third kappa shape index (κ3) is 6.74. The third-order valence-electron chi connectivity index (χ3n) is 11.6. The van der Waals surface area contributed by atoms with Crippen molar-refractivity contribution < 1.29 is 23.5 Å². The SMILES string of the molecule is CCCC1CCC2CCC(C2)CC1N1C2CCCC1CC(n1c(=O)c(P(=O)(O)OCOC(=O)c3ccccc3)nc3ccccc31)C2. The minimum atomic E-state index is -4.73. The average molecular weight is 662 g/mol. The van der Waals surface area contributed by atoms with Gasteiger partial charge in [-0.3, -0.25) is 18.8 Å². The van der Waals surface area contributed by atoms with Gasteiger partial charge in [-0.1, -0.05) is 69.4 Å². The van der Waals surface area contributed by atoms with E-state index in [0.29, 0.717) is 34.7 Å². The van der Waals surface area contributed by atoms with Crippen LogP contribution in [0.1, 0.15) is 107 Å². The molecule has 9 nitrogen and oxygen atoms in total. The molecule has 47 heavy (non-hydrogen) atoms. The molecule has 4 fully saturated rings. The molecule has 2 saturated heterocycles. The molecule has 2 aliphatic heterocycles. The molecule has 3 aromatic rings. The molecule has 2 aromatic carbocycles. The van der Waals surface area contributed by atoms with Crippen LogP contribution < -0.4 is 11.0 Å². The summed E-state index contributed by atoms with van der Waals surface area (Å²) in [7, 11) is -4.73. The Morgan fingerprint density at radius 3 is 2.36 bits per heavy atom. The van der Waals surface area contributed by atoms with E-state index < -0.39 is 31.4 Å². The molecule has 0 radical (unpaired) electrons. The third-order valence-corrected chi connectivity index (χ3v) is 12.9. The largest absolute Gasteiger partial charge is 0.434 e. The van der Waals surface area contributed by atoms with Crippen molar-refractivity contribution in [2.45, 2.75) is 115 Å². The quantitative estimate of drug-likeness (QED) is 0.149. The Hall–Kier alpha value is -2.84. The Labute approximate surface area is 277 Å². The van der Waals surface area contributed by atoms with Crippen molar-refractivity contribution in [1.82, 2.24) is 14.5 Å². The predicted octanol–water partition coefficient (Wildman–Crippen LogP) is 6.98. The minimum absolute atomic E-state index is 0.120. The van der Waals surface area contributed by atoms with Crippen molar-refractivity contribution in [2.24, 2.45) is 17.8 Å². The van der Waals surface area contributed by atoms with Gasteiger partial charge in [0.1, 0.15) is 0 Å². The fourth-order valence-corrected chi connectivity index (χ4v) is 10.5. The molecule has 0 spiro atoms. The van der Waals surface area contributed by atoms with Crippen LogP contribution in [0.15, 0.2) is 59.4 Å². The van der Waals surface area contributed by atoms with Gasteiger partial charge < -0.3 is 14.2 Å². The molecule has 2 saturated carbocycles. The summed E-state index contributed by atoms with van der Waals surface area (Å²) in [5.74, 6) is 1.80. The topological polar surface area (TPSA) is 111 Å². The van der Waals surface area contributed by atoms with E-state index in [9.17, 15) is 19.0 Å².